The predicted molar refractivity (Wildman–Crippen MR) is 91.8 cm³/mol. The molecule has 0 fully saturated rings. The first-order chi connectivity index (χ1) is 11.3. The minimum absolute atomic E-state index is 0.677. The van der Waals surface area contributed by atoms with Gasteiger partial charge in [-0.2, -0.15) is 0 Å². The molecule has 0 saturated heterocycles. The number of nitrogens with one attached hydrogen (secondary N) is 1. The van der Waals surface area contributed by atoms with Gasteiger partial charge >= 0.3 is 0 Å². The highest BCUT2D eigenvalue weighted by molar-refractivity contribution is 6.06. The normalized spacial score (nSPS) is 11.0. The molecule has 0 saturated carbocycles. The maximum Gasteiger partial charge on any atom is 0.142 e. The smallest absolute Gasteiger partial charge is 0.142 e. The lowest BCUT2D eigenvalue weighted by Crippen LogP contribution is -2.01. The Morgan fingerprint density at radius 1 is 1.04 bits per heavy atom. The Hall–Kier alpha value is -3.01. The molecule has 2 heterocycles. The second kappa shape index (κ2) is 5.65. The van der Waals surface area contributed by atoms with E-state index in [2.05, 4.69) is 16.4 Å². The van der Waals surface area contributed by atoms with Crippen molar-refractivity contribution in [3.8, 4) is 5.75 Å². The molecular weight excluding hydrogens is 288 g/mol. The van der Waals surface area contributed by atoms with Crippen LogP contribution in [0, 0.1) is 0 Å². The fraction of sp³-hybridized carbons (Fsp3) is 0.105. The van der Waals surface area contributed by atoms with Gasteiger partial charge in [0.05, 0.1) is 12.8 Å². The second-order valence-corrected chi connectivity index (χ2v) is 5.36. The number of pyridine rings is 1. The average molecular weight is 304 g/mol. The largest absolute Gasteiger partial charge is 0.495 e. The molecule has 0 amide bonds. The third-order valence-corrected chi connectivity index (χ3v) is 3.90. The lowest BCUT2D eigenvalue weighted by molar-refractivity contribution is 0.417. The Morgan fingerprint density at radius 3 is 2.78 bits per heavy atom. The standard InChI is InChI=1S/C19H16N2O2/c1-22-19-9-15-14-6-2-3-7-17(14)23-18(15)10-16(19)21-12-13-5-4-8-20-11-13/h2-11,21H,12H2,1H3. The highest BCUT2D eigenvalue weighted by atomic mass is 16.5. The van der Waals surface area contributed by atoms with E-state index in [-0.39, 0.29) is 0 Å². The van der Waals surface area contributed by atoms with Gasteiger partial charge in [0, 0.05) is 35.8 Å². The SMILES string of the molecule is COc1cc2c(cc1NCc1cccnc1)oc1ccccc12. The highest BCUT2D eigenvalue weighted by Gasteiger charge is 2.11. The van der Waals surface area contributed by atoms with Crippen LogP contribution >= 0.6 is 0 Å². The van der Waals surface area contributed by atoms with Crippen LogP contribution in [-0.2, 0) is 6.54 Å². The molecule has 0 spiro atoms. The second-order valence-electron chi connectivity index (χ2n) is 5.36. The van der Waals surface area contributed by atoms with E-state index in [9.17, 15) is 0 Å². The fourth-order valence-corrected chi connectivity index (χ4v) is 2.76. The number of ether oxygens (including phenoxy) is 1. The molecule has 2 aromatic carbocycles. The summed E-state index contributed by atoms with van der Waals surface area (Å²) in [6, 6.07) is 16.0. The summed E-state index contributed by atoms with van der Waals surface area (Å²) in [5.41, 5.74) is 3.75. The van der Waals surface area contributed by atoms with Gasteiger partial charge in [-0.25, -0.2) is 0 Å². The minimum atomic E-state index is 0.677. The third-order valence-electron chi connectivity index (χ3n) is 3.90. The van der Waals surface area contributed by atoms with E-state index in [1.54, 1.807) is 13.3 Å². The van der Waals surface area contributed by atoms with Gasteiger partial charge in [0.2, 0.25) is 0 Å². The number of methoxy groups -OCH3 is 1. The highest BCUT2D eigenvalue weighted by Crippen LogP contribution is 2.36. The Bertz CT molecular complexity index is 961. The number of hydrogen-bond acceptors (Lipinski definition) is 4. The topological polar surface area (TPSA) is 47.3 Å². The Labute approximate surface area is 133 Å². The van der Waals surface area contributed by atoms with E-state index in [0.717, 1.165) is 38.9 Å². The number of nitrogens with zero attached hydrogens (tertiary/aromatic N) is 1. The molecular formula is C19H16N2O2. The summed E-state index contributed by atoms with van der Waals surface area (Å²) in [5.74, 6) is 0.799. The van der Waals surface area contributed by atoms with Gasteiger partial charge in [-0.05, 0) is 23.8 Å². The molecule has 114 valence electrons. The lowest BCUT2D eigenvalue weighted by Gasteiger charge is -2.11. The van der Waals surface area contributed by atoms with E-state index >= 15 is 0 Å². The van der Waals surface area contributed by atoms with Crippen molar-refractivity contribution in [1.29, 1.82) is 0 Å². The predicted octanol–water partition coefficient (Wildman–Crippen LogP) is 4.60. The van der Waals surface area contributed by atoms with Crippen LogP contribution in [0.3, 0.4) is 0 Å². The molecule has 2 aromatic heterocycles. The minimum Gasteiger partial charge on any atom is -0.495 e. The van der Waals surface area contributed by atoms with Crippen LogP contribution in [0.4, 0.5) is 5.69 Å². The Kier molecular flexibility index (Phi) is 3.35. The van der Waals surface area contributed by atoms with E-state index in [4.69, 9.17) is 9.15 Å². The molecule has 4 rings (SSSR count). The number of aromatic nitrogens is 1. The molecule has 0 unspecified atom stereocenters. The molecule has 0 radical (unpaired) electrons. The molecule has 0 aliphatic carbocycles. The molecule has 0 atom stereocenters. The summed E-state index contributed by atoms with van der Waals surface area (Å²) in [5, 5.41) is 5.55. The van der Waals surface area contributed by atoms with E-state index in [1.165, 1.54) is 0 Å². The zero-order valence-corrected chi connectivity index (χ0v) is 12.7. The number of benzene rings is 2. The van der Waals surface area contributed by atoms with Gasteiger partial charge in [0.25, 0.3) is 0 Å². The van der Waals surface area contributed by atoms with Crippen LogP contribution in [0.1, 0.15) is 5.56 Å². The van der Waals surface area contributed by atoms with Gasteiger partial charge in [0.1, 0.15) is 16.9 Å². The van der Waals surface area contributed by atoms with E-state index in [1.807, 2.05) is 48.7 Å². The molecule has 4 aromatic rings. The monoisotopic (exact) mass is 304 g/mol. The number of furan rings is 1. The summed E-state index contributed by atoms with van der Waals surface area (Å²) >= 11 is 0. The Balaban J connectivity index is 1.75. The maximum atomic E-state index is 5.94. The summed E-state index contributed by atoms with van der Waals surface area (Å²) in [6.45, 7) is 0.677. The van der Waals surface area contributed by atoms with Crippen LogP contribution < -0.4 is 10.1 Å². The van der Waals surface area contributed by atoms with Crippen molar-refractivity contribution < 1.29 is 9.15 Å². The zero-order valence-electron chi connectivity index (χ0n) is 12.7. The van der Waals surface area contributed by atoms with Crippen LogP contribution in [0.5, 0.6) is 5.75 Å². The van der Waals surface area contributed by atoms with Crippen LogP contribution in [0.15, 0.2) is 65.3 Å². The average Bonchev–Trinajstić information content (AvgIpc) is 2.97. The molecule has 0 aliphatic heterocycles. The van der Waals surface area contributed by atoms with Crippen molar-refractivity contribution in [2.45, 2.75) is 6.54 Å². The lowest BCUT2D eigenvalue weighted by atomic mass is 10.1. The first kappa shape index (κ1) is 13.6. The number of anilines is 1. The molecule has 4 nitrogen and oxygen atoms in total. The number of para-hydroxylation sites is 1. The summed E-state index contributed by atoms with van der Waals surface area (Å²) in [4.78, 5) is 4.13. The zero-order chi connectivity index (χ0) is 15.6. The van der Waals surface area contributed by atoms with Gasteiger partial charge < -0.3 is 14.5 Å². The van der Waals surface area contributed by atoms with Crippen molar-refractivity contribution in [2.75, 3.05) is 12.4 Å². The number of rotatable bonds is 4. The van der Waals surface area contributed by atoms with Gasteiger partial charge in [-0.15, -0.1) is 0 Å². The van der Waals surface area contributed by atoms with Crippen molar-refractivity contribution >= 4 is 27.6 Å². The molecule has 23 heavy (non-hydrogen) atoms. The van der Waals surface area contributed by atoms with Crippen LogP contribution in [0.25, 0.3) is 21.9 Å². The summed E-state index contributed by atoms with van der Waals surface area (Å²) < 4.78 is 11.5. The fourth-order valence-electron chi connectivity index (χ4n) is 2.76. The summed E-state index contributed by atoms with van der Waals surface area (Å²) in [6.07, 6.45) is 3.61. The van der Waals surface area contributed by atoms with E-state index in [0.29, 0.717) is 6.54 Å². The van der Waals surface area contributed by atoms with Gasteiger partial charge in [0.15, 0.2) is 0 Å². The molecule has 0 aliphatic rings. The molecule has 0 bridgehead atoms. The van der Waals surface area contributed by atoms with Crippen molar-refractivity contribution in [1.82, 2.24) is 4.98 Å². The quantitative estimate of drug-likeness (QED) is 0.598. The maximum absolute atomic E-state index is 5.94. The molecule has 1 N–H and O–H groups in total. The first-order valence-electron chi connectivity index (χ1n) is 7.47. The number of hydrogen-bond donors (Lipinski definition) is 1. The Morgan fingerprint density at radius 2 is 1.96 bits per heavy atom. The van der Waals surface area contributed by atoms with Crippen LogP contribution in [0.2, 0.25) is 0 Å². The number of fused-ring (bicyclic) bond motifs is 3. The first-order valence-corrected chi connectivity index (χ1v) is 7.47. The van der Waals surface area contributed by atoms with Crippen molar-refractivity contribution in [3.05, 3.63) is 66.5 Å². The molecule has 4 heteroatoms. The van der Waals surface area contributed by atoms with Crippen molar-refractivity contribution in [2.24, 2.45) is 0 Å². The van der Waals surface area contributed by atoms with Crippen LogP contribution in [-0.4, -0.2) is 12.1 Å². The van der Waals surface area contributed by atoms with Gasteiger partial charge in [-0.1, -0.05) is 24.3 Å². The summed E-state index contributed by atoms with van der Waals surface area (Å²) in [7, 11) is 1.68. The van der Waals surface area contributed by atoms with Crippen molar-refractivity contribution in [3.63, 3.8) is 0 Å². The van der Waals surface area contributed by atoms with E-state index < -0.39 is 0 Å². The third kappa shape index (κ3) is 2.48. The van der Waals surface area contributed by atoms with Gasteiger partial charge in [-0.3, -0.25) is 4.98 Å².